The first-order valence-electron chi connectivity index (χ1n) is 12.2. The van der Waals surface area contributed by atoms with Crippen molar-refractivity contribution in [3.63, 3.8) is 0 Å². The summed E-state index contributed by atoms with van der Waals surface area (Å²) in [6.07, 6.45) is 6.93. The highest BCUT2D eigenvalue weighted by Crippen LogP contribution is 2.40. The third-order valence-electron chi connectivity index (χ3n) is 6.94. The fourth-order valence-electron chi connectivity index (χ4n) is 5.42. The largest absolute Gasteiger partial charge is 0.336 e. The summed E-state index contributed by atoms with van der Waals surface area (Å²) in [4.78, 5) is 19.4. The molecule has 0 saturated carbocycles. The second kappa shape index (κ2) is 9.68. The molecule has 0 radical (unpaired) electrons. The Morgan fingerprint density at radius 3 is 1.88 bits per heavy atom. The second-order valence-corrected chi connectivity index (χ2v) is 9.21. The van der Waals surface area contributed by atoms with Crippen LogP contribution in [0.2, 0.25) is 0 Å². The lowest BCUT2D eigenvalue weighted by molar-refractivity contribution is -0.128. The summed E-state index contributed by atoms with van der Waals surface area (Å²) >= 11 is 0. The van der Waals surface area contributed by atoms with E-state index in [0.29, 0.717) is 18.9 Å². The first-order chi connectivity index (χ1) is 16.7. The van der Waals surface area contributed by atoms with Crippen LogP contribution < -0.4 is 0 Å². The number of carbonyl (C=O) groups is 1. The average molecular weight is 450 g/mol. The van der Waals surface area contributed by atoms with Crippen molar-refractivity contribution in [3.8, 4) is 0 Å². The molecule has 172 valence electrons. The van der Waals surface area contributed by atoms with E-state index in [-0.39, 0.29) is 5.91 Å². The Hall–Kier alpha value is -3.66. The lowest BCUT2D eigenvalue weighted by Gasteiger charge is -2.37. The standard InChI is InChI=1S/C30H31N3O/c1-2-12-24-19-29(34)32(20-24)21-28-22-33(23-31-28)30(25-13-6-3-7-14-25,26-15-8-4-9-16-26)27-17-10-5-11-18-27/h3-11,13-18,22-24H,2,12,19-21H2,1H3. The molecular formula is C30H31N3O. The molecule has 1 aromatic heterocycles. The van der Waals surface area contributed by atoms with Gasteiger partial charge in [0.15, 0.2) is 0 Å². The average Bonchev–Trinajstić information content (AvgIpc) is 3.49. The van der Waals surface area contributed by atoms with E-state index in [1.165, 1.54) is 0 Å². The van der Waals surface area contributed by atoms with Gasteiger partial charge in [-0.05, 0) is 29.0 Å². The predicted octanol–water partition coefficient (Wildman–Crippen LogP) is 5.87. The Bertz CT molecular complexity index is 1120. The van der Waals surface area contributed by atoms with Crippen molar-refractivity contribution >= 4 is 5.91 Å². The van der Waals surface area contributed by atoms with Gasteiger partial charge in [0.2, 0.25) is 5.91 Å². The highest BCUT2D eigenvalue weighted by Gasteiger charge is 2.38. The fraction of sp³-hybridized carbons (Fsp3) is 0.267. The minimum absolute atomic E-state index is 0.244. The van der Waals surface area contributed by atoms with Gasteiger partial charge in [0.1, 0.15) is 5.54 Å². The highest BCUT2D eigenvalue weighted by atomic mass is 16.2. The van der Waals surface area contributed by atoms with Crippen molar-refractivity contribution < 1.29 is 4.79 Å². The molecule has 1 saturated heterocycles. The number of imidazole rings is 1. The summed E-state index contributed by atoms with van der Waals surface area (Å²) in [5.41, 5.74) is 3.83. The molecule has 5 rings (SSSR count). The van der Waals surface area contributed by atoms with Gasteiger partial charge in [-0.15, -0.1) is 0 Å². The van der Waals surface area contributed by atoms with E-state index in [0.717, 1.165) is 41.8 Å². The van der Waals surface area contributed by atoms with Crippen molar-refractivity contribution in [1.82, 2.24) is 14.5 Å². The lowest BCUT2D eigenvalue weighted by atomic mass is 9.77. The fourth-order valence-corrected chi connectivity index (χ4v) is 5.42. The first-order valence-corrected chi connectivity index (χ1v) is 12.2. The summed E-state index contributed by atoms with van der Waals surface area (Å²) in [7, 11) is 0. The number of amides is 1. The Morgan fingerprint density at radius 2 is 1.38 bits per heavy atom. The van der Waals surface area contributed by atoms with Crippen molar-refractivity contribution in [3.05, 3.63) is 126 Å². The van der Waals surface area contributed by atoms with Crippen LogP contribution in [-0.2, 0) is 16.9 Å². The van der Waals surface area contributed by atoms with E-state index >= 15 is 0 Å². The second-order valence-electron chi connectivity index (χ2n) is 9.21. The molecule has 1 atom stereocenters. The molecule has 4 aromatic rings. The van der Waals surface area contributed by atoms with E-state index in [4.69, 9.17) is 4.98 Å². The van der Waals surface area contributed by atoms with Gasteiger partial charge in [-0.2, -0.15) is 0 Å². The van der Waals surface area contributed by atoms with Crippen LogP contribution in [0.15, 0.2) is 104 Å². The smallest absolute Gasteiger partial charge is 0.223 e. The molecule has 4 nitrogen and oxygen atoms in total. The Labute approximate surface area is 201 Å². The zero-order valence-electron chi connectivity index (χ0n) is 19.7. The van der Waals surface area contributed by atoms with Crippen molar-refractivity contribution in [1.29, 1.82) is 0 Å². The van der Waals surface area contributed by atoms with E-state index in [9.17, 15) is 4.79 Å². The normalized spacial score (nSPS) is 16.2. The summed E-state index contributed by atoms with van der Waals surface area (Å²) in [5, 5.41) is 0. The van der Waals surface area contributed by atoms with Crippen LogP contribution in [-0.4, -0.2) is 26.9 Å². The molecule has 1 aliphatic rings. The monoisotopic (exact) mass is 449 g/mol. The molecular weight excluding hydrogens is 418 g/mol. The molecule has 2 heterocycles. The van der Waals surface area contributed by atoms with Gasteiger partial charge < -0.3 is 9.47 Å². The number of hydrogen-bond donors (Lipinski definition) is 0. The first kappa shape index (κ1) is 22.1. The van der Waals surface area contributed by atoms with Crippen molar-refractivity contribution in [2.24, 2.45) is 5.92 Å². The maximum absolute atomic E-state index is 12.6. The summed E-state index contributed by atoms with van der Waals surface area (Å²) in [6.45, 7) is 3.58. The van der Waals surface area contributed by atoms with Gasteiger partial charge >= 0.3 is 0 Å². The lowest BCUT2D eigenvalue weighted by Crippen LogP contribution is -2.37. The van der Waals surface area contributed by atoms with Crippen LogP contribution in [0.25, 0.3) is 0 Å². The Balaban J connectivity index is 1.60. The van der Waals surface area contributed by atoms with Crippen LogP contribution in [0, 0.1) is 5.92 Å². The molecule has 1 amide bonds. The van der Waals surface area contributed by atoms with Gasteiger partial charge in [0.05, 0.1) is 18.6 Å². The molecule has 0 aliphatic carbocycles. The molecule has 0 N–H and O–H groups in total. The highest BCUT2D eigenvalue weighted by molar-refractivity contribution is 5.78. The number of rotatable bonds is 8. The third kappa shape index (κ3) is 4.05. The van der Waals surface area contributed by atoms with Gasteiger partial charge in [0.25, 0.3) is 0 Å². The number of aromatic nitrogens is 2. The summed E-state index contributed by atoms with van der Waals surface area (Å²) < 4.78 is 2.21. The maximum Gasteiger partial charge on any atom is 0.223 e. The van der Waals surface area contributed by atoms with Gasteiger partial charge in [-0.25, -0.2) is 4.98 Å². The topological polar surface area (TPSA) is 38.1 Å². The number of benzene rings is 3. The number of hydrogen-bond acceptors (Lipinski definition) is 2. The molecule has 1 fully saturated rings. The van der Waals surface area contributed by atoms with Gasteiger partial charge in [-0.1, -0.05) is 104 Å². The number of nitrogens with zero attached hydrogens (tertiary/aromatic N) is 3. The predicted molar refractivity (Wildman–Crippen MR) is 135 cm³/mol. The number of likely N-dealkylation sites (tertiary alicyclic amines) is 1. The molecule has 0 spiro atoms. The van der Waals surface area contributed by atoms with Crippen molar-refractivity contribution in [2.45, 2.75) is 38.3 Å². The minimum atomic E-state index is -0.575. The Kier molecular flexibility index (Phi) is 6.31. The summed E-state index contributed by atoms with van der Waals surface area (Å²) in [5.74, 6) is 0.713. The SMILES string of the molecule is CCCC1CC(=O)N(Cc2cn(C(c3ccccc3)(c3ccccc3)c3ccccc3)cn2)C1. The minimum Gasteiger partial charge on any atom is -0.336 e. The van der Waals surface area contributed by atoms with Crippen molar-refractivity contribution in [2.75, 3.05) is 6.54 Å². The molecule has 3 aromatic carbocycles. The molecule has 4 heteroatoms. The van der Waals surface area contributed by atoms with Crippen LogP contribution in [0.4, 0.5) is 0 Å². The van der Waals surface area contributed by atoms with Crippen LogP contribution in [0.1, 0.15) is 48.6 Å². The summed E-state index contributed by atoms with van der Waals surface area (Å²) in [6, 6.07) is 31.8. The van der Waals surface area contributed by atoms with Gasteiger partial charge in [-0.3, -0.25) is 4.79 Å². The molecule has 0 bridgehead atoms. The van der Waals surface area contributed by atoms with Crippen LogP contribution >= 0.6 is 0 Å². The Morgan fingerprint density at radius 1 is 0.853 bits per heavy atom. The van der Waals surface area contributed by atoms with E-state index < -0.39 is 5.54 Å². The molecule has 34 heavy (non-hydrogen) atoms. The number of carbonyl (C=O) groups excluding carboxylic acids is 1. The third-order valence-corrected chi connectivity index (χ3v) is 6.94. The van der Waals surface area contributed by atoms with E-state index in [2.05, 4.69) is 109 Å². The zero-order valence-corrected chi connectivity index (χ0v) is 19.7. The van der Waals surface area contributed by atoms with E-state index in [1.54, 1.807) is 0 Å². The zero-order chi connectivity index (χ0) is 23.4. The molecule has 1 aliphatic heterocycles. The van der Waals surface area contributed by atoms with Gasteiger partial charge in [0, 0.05) is 19.2 Å². The van der Waals surface area contributed by atoms with E-state index in [1.807, 2.05) is 11.2 Å². The maximum atomic E-state index is 12.6. The van der Waals surface area contributed by atoms with Crippen LogP contribution in [0.3, 0.4) is 0 Å². The van der Waals surface area contributed by atoms with Crippen LogP contribution in [0.5, 0.6) is 0 Å². The quantitative estimate of drug-likeness (QED) is 0.316. The molecule has 1 unspecified atom stereocenters.